The monoisotopic (exact) mass is 385 g/mol. The SMILES string of the molecule is COc1ccc(C2=NCc3cc(CC(=O)C[C@H](C)c4ccccc4)ncc32)cn1. The third kappa shape index (κ3) is 4.24. The molecule has 5 nitrogen and oxygen atoms in total. The molecule has 146 valence electrons. The number of aromatic nitrogens is 2. The lowest BCUT2D eigenvalue weighted by atomic mass is 9.94. The van der Waals surface area contributed by atoms with Crippen molar-refractivity contribution in [3.8, 4) is 5.88 Å². The molecule has 1 aliphatic heterocycles. The first-order chi connectivity index (χ1) is 14.1. The second-order valence-corrected chi connectivity index (χ2v) is 7.32. The number of benzene rings is 1. The van der Waals surface area contributed by atoms with Crippen LogP contribution >= 0.6 is 0 Å². The van der Waals surface area contributed by atoms with Crippen LogP contribution in [-0.4, -0.2) is 28.6 Å². The molecule has 1 aliphatic rings. The van der Waals surface area contributed by atoms with Gasteiger partial charge in [-0.3, -0.25) is 14.8 Å². The van der Waals surface area contributed by atoms with E-state index in [-0.39, 0.29) is 11.7 Å². The van der Waals surface area contributed by atoms with E-state index in [4.69, 9.17) is 4.74 Å². The largest absolute Gasteiger partial charge is 0.481 e. The first-order valence-electron chi connectivity index (χ1n) is 9.73. The summed E-state index contributed by atoms with van der Waals surface area (Å²) in [6, 6.07) is 15.9. The molecule has 0 saturated heterocycles. The highest BCUT2D eigenvalue weighted by Gasteiger charge is 2.20. The van der Waals surface area contributed by atoms with Crippen molar-refractivity contribution in [2.24, 2.45) is 4.99 Å². The molecular formula is C24H23N3O2. The molecule has 29 heavy (non-hydrogen) atoms. The molecule has 1 atom stereocenters. The molecule has 0 radical (unpaired) electrons. The Labute approximate surface area is 170 Å². The van der Waals surface area contributed by atoms with Gasteiger partial charge in [0.2, 0.25) is 5.88 Å². The number of ether oxygens (including phenoxy) is 1. The smallest absolute Gasteiger partial charge is 0.212 e. The maximum atomic E-state index is 12.6. The van der Waals surface area contributed by atoms with Crippen molar-refractivity contribution in [2.45, 2.75) is 32.2 Å². The summed E-state index contributed by atoms with van der Waals surface area (Å²) in [7, 11) is 1.59. The van der Waals surface area contributed by atoms with Gasteiger partial charge >= 0.3 is 0 Å². The van der Waals surface area contributed by atoms with Gasteiger partial charge in [-0.05, 0) is 29.2 Å². The second-order valence-electron chi connectivity index (χ2n) is 7.32. The summed E-state index contributed by atoms with van der Waals surface area (Å²) in [4.78, 5) is 26.0. The van der Waals surface area contributed by atoms with Crippen LogP contribution in [0.2, 0.25) is 0 Å². The standard InChI is InChI=1S/C24H23N3O2/c1-16(17-6-4-3-5-7-17)10-21(28)12-20-11-19-14-27-24(22(19)15-25-20)18-8-9-23(29-2)26-13-18/h3-9,11,13,15-16H,10,12,14H2,1-2H3/t16-/m0/s1. The topological polar surface area (TPSA) is 64.4 Å². The van der Waals surface area contributed by atoms with Gasteiger partial charge in [-0.1, -0.05) is 37.3 Å². The molecule has 0 spiro atoms. The predicted octanol–water partition coefficient (Wildman–Crippen LogP) is 4.14. The molecule has 2 aromatic heterocycles. The van der Waals surface area contributed by atoms with E-state index < -0.39 is 0 Å². The van der Waals surface area contributed by atoms with Crippen molar-refractivity contribution in [2.75, 3.05) is 7.11 Å². The Morgan fingerprint density at radius 1 is 1.10 bits per heavy atom. The van der Waals surface area contributed by atoms with Crippen LogP contribution in [-0.2, 0) is 17.8 Å². The lowest BCUT2D eigenvalue weighted by molar-refractivity contribution is -0.118. The first-order valence-corrected chi connectivity index (χ1v) is 9.73. The fourth-order valence-electron chi connectivity index (χ4n) is 3.64. The molecule has 0 bridgehead atoms. The minimum atomic E-state index is 0.201. The molecule has 3 heterocycles. The van der Waals surface area contributed by atoms with Gasteiger partial charge in [-0.25, -0.2) is 4.98 Å². The zero-order valence-electron chi connectivity index (χ0n) is 16.6. The van der Waals surface area contributed by atoms with E-state index in [0.717, 1.165) is 28.1 Å². The van der Waals surface area contributed by atoms with Crippen molar-refractivity contribution in [1.82, 2.24) is 9.97 Å². The third-order valence-electron chi connectivity index (χ3n) is 5.21. The number of nitrogens with zero attached hydrogens (tertiary/aromatic N) is 3. The number of Topliss-reactive ketones (excluding diaryl/α,β-unsaturated/α-hetero) is 1. The summed E-state index contributed by atoms with van der Waals surface area (Å²) in [6.07, 6.45) is 4.45. The molecule has 3 aromatic rings. The number of carbonyl (C=O) groups is 1. The van der Waals surface area contributed by atoms with Gasteiger partial charge in [0.05, 0.1) is 19.4 Å². The molecule has 0 N–H and O–H groups in total. The van der Waals surface area contributed by atoms with Gasteiger partial charge in [0.25, 0.3) is 0 Å². The highest BCUT2D eigenvalue weighted by atomic mass is 16.5. The second kappa shape index (κ2) is 8.35. The average molecular weight is 385 g/mol. The van der Waals surface area contributed by atoms with Gasteiger partial charge in [0, 0.05) is 48.1 Å². The van der Waals surface area contributed by atoms with E-state index in [1.165, 1.54) is 5.56 Å². The Balaban J connectivity index is 1.43. The maximum absolute atomic E-state index is 12.6. The van der Waals surface area contributed by atoms with Crippen LogP contribution in [0, 0.1) is 0 Å². The van der Waals surface area contributed by atoms with Crippen molar-refractivity contribution < 1.29 is 9.53 Å². The number of carbonyl (C=O) groups excluding carboxylic acids is 1. The molecule has 0 unspecified atom stereocenters. The first kappa shape index (κ1) is 19.0. The molecule has 4 rings (SSSR count). The number of ketones is 1. The number of aliphatic imine (C=N–C) groups is 1. The van der Waals surface area contributed by atoms with Crippen LogP contribution in [0.25, 0.3) is 0 Å². The van der Waals surface area contributed by atoms with E-state index in [0.29, 0.717) is 25.3 Å². The van der Waals surface area contributed by atoms with E-state index in [1.807, 2.05) is 42.6 Å². The van der Waals surface area contributed by atoms with Gasteiger partial charge in [0.1, 0.15) is 5.78 Å². The van der Waals surface area contributed by atoms with Gasteiger partial charge in [-0.2, -0.15) is 0 Å². The van der Waals surface area contributed by atoms with Crippen molar-refractivity contribution in [3.05, 3.63) is 88.9 Å². The normalized spacial score (nSPS) is 13.5. The zero-order chi connectivity index (χ0) is 20.2. The van der Waals surface area contributed by atoms with Crippen LogP contribution < -0.4 is 4.74 Å². The minimum Gasteiger partial charge on any atom is -0.481 e. The van der Waals surface area contributed by atoms with E-state index in [9.17, 15) is 4.79 Å². The number of methoxy groups -OCH3 is 1. The highest BCUT2D eigenvalue weighted by Crippen LogP contribution is 2.24. The molecule has 5 heteroatoms. The van der Waals surface area contributed by atoms with Crippen molar-refractivity contribution in [1.29, 1.82) is 0 Å². The Morgan fingerprint density at radius 3 is 2.66 bits per heavy atom. The fraction of sp³-hybridized carbons (Fsp3) is 0.250. The number of rotatable bonds is 7. The molecule has 0 aliphatic carbocycles. The lowest BCUT2D eigenvalue weighted by Crippen LogP contribution is -2.10. The Morgan fingerprint density at radius 2 is 1.93 bits per heavy atom. The number of fused-ring (bicyclic) bond motifs is 1. The molecular weight excluding hydrogens is 362 g/mol. The Hall–Kier alpha value is -3.34. The van der Waals surface area contributed by atoms with Crippen LogP contribution in [0.1, 0.15) is 47.2 Å². The number of pyridine rings is 2. The predicted molar refractivity (Wildman–Crippen MR) is 113 cm³/mol. The van der Waals surface area contributed by atoms with Crippen LogP contribution in [0.3, 0.4) is 0 Å². The van der Waals surface area contributed by atoms with E-state index >= 15 is 0 Å². The van der Waals surface area contributed by atoms with Gasteiger partial charge in [-0.15, -0.1) is 0 Å². The summed E-state index contributed by atoms with van der Waals surface area (Å²) < 4.78 is 5.11. The summed E-state index contributed by atoms with van der Waals surface area (Å²) in [5, 5.41) is 0. The Kier molecular flexibility index (Phi) is 5.47. The van der Waals surface area contributed by atoms with Crippen molar-refractivity contribution >= 4 is 11.5 Å². The highest BCUT2D eigenvalue weighted by molar-refractivity contribution is 6.14. The summed E-state index contributed by atoms with van der Waals surface area (Å²) >= 11 is 0. The minimum absolute atomic E-state index is 0.201. The van der Waals surface area contributed by atoms with E-state index in [2.05, 4.69) is 34.0 Å². The number of hydrogen-bond acceptors (Lipinski definition) is 5. The average Bonchev–Trinajstić information content (AvgIpc) is 3.17. The van der Waals surface area contributed by atoms with Gasteiger partial charge < -0.3 is 4.74 Å². The van der Waals surface area contributed by atoms with Gasteiger partial charge in [0.15, 0.2) is 0 Å². The summed E-state index contributed by atoms with van der Waals surface area (Å²) in [5.41, 5.74) is 5.92. The van der Waals surface area contributed by atoms with Crippen LogP contribution in [0.5, 0.6) is 5.88 Å². The molecule has 0 amide bonds. The fourth-order valence-corrected chi connectivity index (χ4v) is 3.64. The van der Waals surface area contributed by atoms with Crippen molar-refractivity contribution in [3.63, 3.8) is 0 Å². The van der Waals surface area contributed by atoms with E-state index in [1.54, 1.807) is 13.3 Å². The molecule has 0 fully saturated rings. The number of hydrogen-bond donors (Lipinski definition) is 0. The summed E-state index contributed by atoms with van der Waals surface area (Å²) in [5.74, 6) is 0.979. The summed E-state index contributed by atoms with van der Waals surface area (Å²) in [6.45, 7) is 2.69. The molecule has 1 aromatic carbocycles. The maximum Gasteiger partial charge on any atom is 0.212 e. The van der Waals surface area contributed by atoms with Crippen LogP contribution in [0.15, 0.2) is 65.9 Å². The third-order valence-corrected chi connectivity index (χ3v) is 5.21. The molecule has 0 saturated carbocycles. The van der Waals surface area contributed by atoms with Crippen LogP contribution in [0.4, 0.5) is 0 Å². The zero-order valence-corrected chi connectivity index (χ0v) is 16.6. The Bertz CT molecular complexity index is 1040. The lowest BCUT2D eigenvalue weighted by Gasteiger charge is -2.11. The quantitative estimate of drug-likeness (QED) is 0.613.